The summed E-state index contributed by atoms with van der Waals surface area (Å²) >= 11 is 0. The van der Waals surface area contributed by atoms with Gasteiger partial charge in [0.25, 0.3) is 0 Å². The van der Waals surface area contributed by atoms with Crippen molar-refractivity contribution in [3.05, 3.63) is 11.6 Å². The molecule has 0 amide bonds. The predicted octanol–water partition coefficient (Wildman–Crippen LogP) is 7.13. The van der Waals surface area contributed by atoms with E-state index in [0.717, 1.165) is 57.8 Å². The summed E-state index contributed by atoms with van der Waals surface area (Å²) < 4.78 is 18.2. The zero-order chi connectivity index (χ0) is 28.2. The maximum Gasteiger partial charge on any atom is 0.308 e. The molecule has 9 atom stereocenters. The molecular weight excluding hydrogens is 488 g/mol. The Hall–Kier alpha value is -1.20. The Morgan fingerprint density at radius 3 is 2.28 bits per heavy atom. The minimum atomic E-state index is -0.486. The van der Waals surface area contributed by atoms with E-state index in [1.54, 1.807) is 0 Å². The number of allylic oxidation sites excluding steroid dienone is 2. The van der Waals surface area contributed by atoms with Crippen molar-refractivity contribution in [2.24, 2.45) is 56.7 Å². The van der Waals surface area contributed by atoms with E-state index in [1.165, 1.54) is 12.7 Å². The topological polar surface area (TPSA) is 61.8 Å². The smallest absolute Gasteiger partial charge is 0.308 e. The van der Waals surface area contributed by atoms with E-state index in [2.05, 4.69) is 54.5 Å². The van der Waals surface area contributed by atoms with Gasteiger partial charge in [-0.25, -0.2) is 0 Å². The van der Waals surface area contributed by atoms with Crippen LogP contribution in [0.15, 0.2) is 11.6 Å². The number of carbonyl (C=O) groups is 2. The maximum absolute atomic E-state index is 14.5. The lowest BCUT2D eigenvalue weighted by atomic mass is 9.34. The van der Waals surface area contributed by atoms with E-state index in [0.29, 0.717) is 24.9 Å². The van der Waals surface area contributed by atoms with E-state index >= 15 is 0 Å². The molecule has 5 aliphatic carbocycles. The average molecular weight is 541 g/mol. The fraction of sp³-hybridized carbons (Fsp3) is 0.882. The van der Waals surface area contributed by atoms with Crippen molar-refractivity contribution in [1.82, 2.24) is 0 Å². The SMILES string of the molecule is CC[C@@]1(C)[C@@H]2CC[C@]3(C)C(=CC(=O)[C@@H]4[C@@H]5CC(C)(C)C[C@@H](C(=O)OC)C5CC[C@]43C)[C@@]2(C)CCC12OCCO2. The van der Waals surface area contributed by atoms with E-state index in [-0.39, 0.29) is 56.7 Å². The van der Waals surface area contributed by atoms with Crippen LogP contribution in [0.5, 0.6) is 0 Å². The van der Waals surface area contributed by atoms with Crippen LogP contribution in [0.2, 0.25) is 0 Å². The molecule has 0 radical (unpaired) electrons. The second-order valence-corrected chi connectivity index (χ2v) is 16.0. The summed E-state index contributed by atoms with van der Waals surface area (Å²) in [6.45, 7) is 18.1. The molecule has 5 nitrogen and oxygen atoms in total. The molecule has 1 saturated heterocycles. The van der Waals surface area contributed by atoms with Gasteiger partial charge >= 0.3 is 5.97 Å². The van der Waals surface area contributed by atoms with Gasteiger partial charge in [-0.3, -0.25) is 9.59 Å². The van der Waals surface area contributed by atoms with Crippen LogP contribution in [-0.2, 0) is 23.8 Å². The summed E-state index contributed by atoms with van der Waals surface area (Å²) in [6, 6.07) is 0. The van der Waals surface area contributed by atoms with Crippen molar-refractivity contribution in [1.29, 1.82) is 0 Å². The van der Waals surface area contributed by atoms with Crippen LogP contribution in [0.3, 0.4) is 0 Å². The number of fused-ring (bicyclic) bond motifs is 7. The number of ketones is 1. The van der Waals surface area contributed by atoms with Crippen LogP contribution in [-0.4, -0.2) is 37.9 Å². The Balaban J connectivity index is 1.43. The fourth-order valence-electron chi connectivity index (χ4n) is 12.0. The Bertz CT molecular complexity index is 1090. The molecule has 0 aromatic heterocycles. The third kappa shape index (κ3) is 3.44. The zero-order valence-corrected chi connectivity index (χ0v) is 25.8. The van der Waals surface area contributed by atoms with Crippen molar-refractivity contribution in [3.63, 3.8) is 0 Å². The lowest BCUT2D eigenvalue weighted by molar-refractivity contribution is -0.294. The third-order valence-corrected chi connectivity index (χ3v) is 14.1. The van der Waals surface area contributed by atoms with Gasteiger partial charge in [-0.15, -0.1) is 0 Å². The molecule has 39 heavy (non-hydrogen) atoms. The van der Waals surface area contributed by atoms with Crippen molar-refractivity contribution in [3.8, 4) is 0 Å². The number of carbonyl (C=O) groups excluding carboxylic acids is 2. The van der Waals surface area contributed by atoms with Crippen molar-refractivity contribution < 1.29 is 23.8 Å². The lowest BCUT2D eigenvalue weighted by Crippen LogP contribution is -2.67. The number of methoxy groups -OCH3 is 1. The van der Waals surface area contributed by atoms with Gasteiger partial charge in [0.15, 0.2) is 11.6 Å². The molecular formula is C34H52O5. The third-order valence-electron chi connectivity index (χ3n) is 14.1. The molecule has 6 aliphatic rings. The van der Waals surface area contributed by atoms with Crippen LogP contribution in [0.4, 0.5) is 0 Å². The van der Waals surface area contributed by atoms with Gasteiger partial charge in [0.1, 0.15) is 0 Å². The van der Waals surface area contributed by atoms with Crippen LogP contribution in [0.25, 0.3) is 0 Å². The first-order chi connectivity index (χ1) is 18.2. The number of hydrogen-bond acceptors (Lipinski definition) is 5. The maximum atomic E-state index is 14.5. The highest BCUT2D eigenvalue weighted by molar-refractivity contribution is 5.95. The molecule has 6 rings (SSSR count). The van der Waals surface area contributed by atoms with E-state index < -0.39 is 5.79 Å². The molecule has 1 heterocycles. The summed E-state index contributed by atoms with van der Waals surface area (Å²) in [4.78, 5) is 27.5. The largest absolute Gasteiger partial charge is 0.469 e. The predicted molar refractivity (Wildman–Crippen MR) is 151 cm³/mol. The summed E-state index contributed by atoms with van der Waals surface area (Å²) in [6.07, 6.45) is 11.2. The Kier molecular flexibility index (Phi) is 6.20. The van der Waals surface area contributed by atoms with E-state index in [1.807, 2.05) is 0 Å². The summed E-state index contributed by atoms with van der Waals surface area (Å²) in [5.41, 5.74) is 1.18. The quantitative estimate of drug-likeness (QED) is 0.349. The minimum Gasteiger partial charge on any atom is -0.469 e. The van der Waals surface area contributed by atoms with Crippen molar-refractivity contribution in [2.45, 2.75) is 112 Å². The number of ether oxygens (including phenoxy) is 3. The summed E-state index contributed by atoms with van der Waals surface area (Å²) in [5.74, 6) is 0.543. The fourth-order valence-corrected chi connectivity index (χ4v) is 12.0. The van der Waals surface area contributed by atoms with E-state index in [4.69, 9.17) is 14.2 Å². The second-order valence-electron chi connectivity index (χ2n) is 16.0. The first-order valence-electron chi connectivity index (χ1n) is 15.8. The molecule has 5 fully saturated rings. The highest BCUT2D eigenvalue weighted by Gasteiger charge is 2.71. The first-order valence-corrected chi connectivity index (χ1v) is 15.8. The molecule has 0 bridgehead atoms. The molecule has 0 N–H and O–H groups in total. The second kappa shape index (κ2) is 8.66. The number of rotatable bonds is 2. The average Bonchev–Trinajstić information content (AvgIpc) is 3.37. The molecule has 0 aromatic rings. The Morgan fingerprint density at radius 1 is 0.949 bits per heavy atom. The summed E-state index contributed by atoms with van der Waals surface area (Å²) in [5, 5.41) is 0. The van der Waals surface area contributed by atoms with Gasteiger partial charge in [0, 0.05) is 17.8 Å². The molecule has 1 aliphatic heterocycles. The van der Waals surface area contributed by atoms with Gasteiger partial charge in [-0.1, -0.05) is 54.0 Å². The highest BCUT2D eigenvalue weighted by Crippen LogP contribution is 2.75. The van der Waals surface area contributed by atoms with Gasteiger partial charge < -0.3 is 14.2 Å². The van der Waals surface area contributed by atoms with Crippen LogP contribution >= 0.6 is 0 Å². The van der Waals surface area contributed by atoms with Crippen LogP contribution in [0.1, 0.15) is 106 Å². The van der Waals surface area contributed by atoms with Crippen LogP contribution in [0, 0.1) is 56.7 Å². The molecule has 1 unspecified atom stereocenters. The van der Waals surface area contributed by atoms with Gasteiger partial charge in [-0.2, -0.15) is 0 Å². The monoisotopic (exact) mass is 540 g/mol. The minimum absolute atomic E-state index is 0.0223. The summed E-state index contributed by atoms with van der Waals surface area (Å²) in [7, 11) is 1.52. The molecule has 1 spiro atoms. The van der Waals surface area contributed by atoms with Crippen molar-refractivity contribution >= 4 is 11.8 Å². The standard InChI is InChI=1S/C34H52O5/c1-9-31(5)25-11-13-32(6)26(30(25,4)14-15-34(31)38-16-17-39-34)18-24(35)27-22-19-29(2,3)20-23(28(36)37-8)21(22)10-12-33(27,32)7/h18,21-23,25,27H,9-17,19-20H2,1-8H3/t21?,22-,23-,25-,27+,30+,31+,32-,33-/m1/s1. The zero-order valence-electron chi connectivity index (χ0n) is 25.8. The van der Waals surface area contributed by atoms with Gasteiger partial charge in [-0.05, 0) is 96.9 Å². The first kappa shape index (κ1) is 27.9. The molecule has 5 heteroatoms. The van der Waals surface area contributed by atoms with Gasteiger partial charge in [0.2, 0.25) is 0 Å². The molecule has 218 valence electrons. The Morgan fingerprint density at radius 2 is 1.64 bits per heavy atom. The van der Waals surface area contributed by atoms with Gasteiger partial charge in [0.05, 0.1) is 26.2 Å². The lowest BCUT2D eigenvalue weighted by Gasteiger charge is -2.70. The highest BCUT2D eigenvalue weighted by atomic mass is 16.7. The number of hydrogen-bond donors (Lipinski definition) is 0. The van der Waals surface area contributed by atoms with E-state index in [9.17, 15) is 9.59 Å². The molecule has 0 aromatic carbocycles. The number of esters is 1. The molecule has 4 saturated carbocycles. The van der Waals surface area contributed by atoms with Crippen LogP contribution < -0.4 is 0 Å². The normalized spacial score (nSPS) is 49.8. The van der Waals surface area contributed by atoms with Crippen molar-refractivity contribution in [2.75, 3.05) is 20.3 Å². The Labute approximate surface area is 236 Å².